The van der Waals surface area contributed by atoms with Gasteiger partial charge < -0.3 is 28.9 Å². The van der Waals surface area contributed by atoms with Gasteiger partial charge in [0.2, 0.25) is 0 Å². The monoisotopic (exact) mass is 603 g/mol. The summed E-state index contributed by atoms with van der Waals surface area (Å²) < 4.78 is 56.8. The number of aryl methyl sites for hydroxylation is 1. The Morgan fingerprint density at radius 2 is 1.89 bits per heavy atom. The zero-order chi connectivity index (χ0) is 31.0. The Labute approximate surface area is 249 Å². The number of aliphatic hydroxyl groups excluding tert-OH is 1. The lowest BCUT2D eigenvalue weighted by Gasteiger charge is -2.18. The molecule has 0 unspecified atom stereocenters. The fraction of sp³-hybridized carbons (Fsp3) is 0.212. The number of ether oxygens (including phenoxy) is 2. The van der Waals surface area contributed by atoms with Crippen LogP contribution >= 0.6 is 0 Å². The van der Waals surface area contributed by atoms with Crippen LogP contribution in [-0.2, 0) is 13.0 Å². The Kier molecular flexibility index (Phi) is 7.64. The number of aliphatic hydroxyl groups is 1. The molecule has 0 bridgehead atoms. The molecule has 3 aromatic carbocycles. The predicted octanol–water partition coefficient (Wildman–Crippen LogP) is 6.86. The fourth-order valence-electron chi connectivity index (χ4n) is 5.48. The zero-order valence-corrected chi connectivity index (χ0v) is 23.8. The molecule has 11 heteroatoms. The summed E-state index contributed by atoms with van der Waals surface area (Å²) in [4.78, 5) is 18.4. The second kappa shape index (κ2) is 11.6. The Bertz CT molecular complexity index is 2000. The first-order valence-corrected chi connectivity index (χ1v) is 13.9. The molecule has 1 atom stereocenters. The summed E-state index contributed by atoms with van der Waals surface area (Å²) in [6.45, 7) is 2.42. The number of pyridine rings is 1. The second-order valence-electron chi connectivity index (χ2n) is 10.3. The van der Waals surface area contributed by atoms with E-state index >= 15 is 0 Å². The molecule has 0 aliphatic rings. The molecule has 3 heterocycles. The molecule has 0 fully saturated rings. The van der Waals surface area contributed by atoms with Gasteiger partial charge in [0, 0.05) is 34.4 Å². The maximum absolute atomic E-state index is 13.8. The summed E-state index contributed by atoms with van der Waals surface area (Å²) in [6.07, 6.45) is -2.59. The lowest BCUT2D eigenvalue weighted by molar-refractivity contribution is -0.274. The van der Waals surface area contributed by atoms with Crippen LogP contribution in [0.25, 0.3) is 44.2 Å². The number of carbonyl (C=O) groups excluding carboxylic acids is 1. The Morgan fingerprint density at radius 1 is 1.07 bits per heavy atom. The van der Waals surface area contributed by atoms with E-state index in [2.05, 4.69) is 19.6 Å². The number of amides is 1. The maximum atomic E-state index is 13.8. The number of carbonyl (C=O) groups is 1. The number of para-hydroxylation sites is 2. The van der Waals surface area contributed by atoms with Crippen LogP contribution in [0.3, 0.4) is 0 Å². The minimum absolute atomic E-state index is 0.0412. The van der Waals surface area contributed by atoms with Gasteiger partial charge >= 0.3 is 6.36 Å². The molecule has 0 saturated heterocycles. The smallest absolute Gasteiger partial charge is 0.493 e. The van der Waals surface area contributed by atoms with Crippen molar-refractivity contribution in [1.29, 1.82) is 0 Å². The van der Waals surface area contributed by atoms with Crippen molar-refractivity contribution in [2.24, 2.45) is 0 Å². The number of methoxy groups -OCH3 is 1. The van der Waals surface area contributed by atoms with Gasteiger partial charge in [-0.15, -0.1) is 13.2 Å². The number of alkyl halides is 3. The van der Waals surface area contributed by atoms with Gasteiger partial charge in [-0.1, -0.05) is 30.3 Å². The zero-order valence-electron chi connectivity index (χ0n) is 23.8. The number of furan rings is 1. The lowest BCUT2D eigenvalue weighted by Crippen LogP contribution is -2.39. The third-order valence-electron chi connectivity index (χ3n) is 7.47. The molecule has 8 nitrogen and oxygen atoms in total. The summed E-state index contributed by atoms with van der Waals surface area (Å²) in [5.41, 5.74) is 3.05. The molecule has 1 amide bonds. The minimum atomic E-state index is -4.92. The number of aromatic nitrogens is 2. The second-order valence-corrected chi connectivity index (χ2v) is 10.3. The molecule has 2 N–H and O–H groups in total. The maximum Gasteiger partial charge on any atom is 0.573 e. The quantitative estimate of drug-likeness (QED) is 0.187. The van der Waals surface area contributed by atoms with Crippen LogP contribution in [0.1, 0.15) is 22.8 Å². The molecular formula is C33H28F3N3O5. The first-order chi connectivity index (χ1) is 21.2. The minimum Gasteiger partial charge on any atom is -0.493 e. The predicted molar refractivity (Wildman–Crippen MR) is 160 cm³/mol. The molecule has 0 aliphatic carbocycles. The van der Waals surface area contributed by atoms with E-state index in [1.54, 1.807) is 12.1 Å². The molecule has 3 aromatic heterocycles. The van der Waals surface area contributed by atoms with E-state index in [0.29, 0.717) is 23.5 Å². The van der Waals surface area contributed by atoms with E-state index in [0.717, 1.165) is 40.5 Å². The highest BCUT2D eigenvalue weighted by Crippen LogP contribution is 2.35. The van der Waals surface area contributed by atoms with Crippen LogP contribution in [0, 0.1) is 0 Å². The van der Waals surface area contributed by atoms with Crippen LogP contribution in [0.2, 0.25) is 0 Å². The SMILES string of the molecule is CCn1cc(C[C@H](CO)NC(=O)c2cc(-c3cc4cccc(OC)c4o3)nc3ccc(OC(F)(F)F)cc23)c2ccccc21. The number of benzene rings is 3. The van der Waals surface area contributed by atoms with Crippen molar-refractivity contribution in [1.82, 2.24) is 14.9 Å². The van der Waals surface area contributed by atoms with Crippen LogP contribution in [0.4, 0.5) is 13.2 Å². The largest absolute Gasteiger partial charge is 0.573 e. The molecule has 0 saturated carbocycles. The van der Waals surface area contributed by atoms with Gasteiger partial charge in [-0.2, -0.15) is 0 Å². The number of fused-ring (bicyclic) bond motifs is 3. The average Bonchev–Trinajstić information content (AvgIpc) is 3.61. The van der Waals surface area contributed by atoms with Gasteiger partial charge in [-0.3, -0.25) is 4.79 Å². The van der Waals surface area contributed by atoms with Crippen molar-refractivity contribution in [3.63, 3.8) is 0 Å². The molecular weight excluding hydrogens is 575 g/mol. The van der Waals surface area contributed by atoms with E-state index in [9.17, 15) is 23.1 Å². The van der Waals surface area contributed by atoms with Gasteiger partial charge in [0.1, 0.15) is 11.4 Å². The number of hydrogen-bond donors (Lipinski definition) is 2. The van der Waals surface area contributed by atoms with Crippen LogP contribution in [-0.4, -0.2) is 46.7 Å². The first-order valence-electron chi connectivity index (χ1n) is 13.9. The number of halogens is 3. The lowest BCUT2D eigenvalue weighted by atomic mass is 10.0. The van der Waals surface area contributed by atoms with Crippen molar-refractivity contribution in [3.05, 3.63) is 90.1 Å². The average molecular weight is 604 g/mol. The van der Waals surface area contributed by atoms with E-state index in [4.69, 9.17) is 9.15 Å². The topological polar surface area (TPSA) is 98.8 Å². The van der Waals surface area contributed by atoms with E-state index in [1.807, 2.05) is 49.5 Å². The Morgan fingerprint density at radius 3 is 2.64 bits per heavy atom. The third kappa shape index (κ3) is 5.66. The number of hydrogen-bond acceptors (Lipinski definition) is 6. The van der Waals surface area contributed by atoms with Gasteiger partial charge in [0.15, 0.2) is 17.1 Å². The van der Waals surface area contributed by atoms with Crippen molar-refractivity contribution in [2.45, 2.75) is 32.3 Å². The first kappa shape index (κ1) is 29.1. The molecule has 44 heavy (non-hydrogen) atoms. The van der Waals surface area contributed by atoms with Gasteiger partial charge in [-0.25, -0.2) is 4.98 Å². The van der Waals surface area contributed by atoms with Crippen LogP contribution in [0.5, 0.6) is 11.5 Å². The van der Waals surface area contributed by atoms with E-state index in [1.165, 1.54) is 19.2 Å². The van der Waals surface area contributed by atoms with Gasteiger partial charge in [-0.05, 0) is 61.4 Å². The molecule has 0 aliphatic heterocycles. The summed E-state index contributed by atoms with van der Waals surface area (Å²) >= 11 is 0. The third-order valence-corrected chi connectivity index (χ3v) is 7.47. The highest BCUT2D eigenvalue weighted by molar-refractivity contribution is 6.07. The highest BCUT2D eigenvalue weighted by atomic mass is 19.4. The summed E-state index contributed by atoms with van der Waals surface area (Å²) in [6, 6.07) is 19.4. The molecule has 6 rings (SSSR count). The number of rotatable bonds is 9. The van der Waals surface area contributed by atoms with Crippen molar-refractivity contribution in [2.75, 3.05) is 13.7 Å². The summed E-state index contributed by atoms with van der Waals surface area (Å²) in [5.74, 6) is -0.248. The Hall–Kier alpha value is -5.03. The molecule has 226 valence electrons. The van der Waals surface area contributed by atoms with Crippen molar-refractivity contribution < 1.29 is 37.0 Å². The normalized spacial score (nSPS) is 12.6. The standard InChI is InChI=1S/C33H28F3N3O5/c1-3-39-17-20(23-8-4-5-9-28(23)39)13-21(18-40)37-32(41)25-16-27(30-14-19-7-6-10-29(42-2)31(19)43-30)38-26-12-11-22(15-24(25)26)44-33(34,35)36/h4-12,14-17,21,40H,3,13,18H2,1-2H3,(H,37,41)/t21-/m1/s1. The summed E-state index contributed by atoms with van der Waals surface area (Å²) in [5, 5.41) is 15.0. The van der Waals surface area contributed by atoms with Crippen LogP contribution < -0.4 is 14.8 Å². The highest BCUT2D eigenvalue weighted by Gasteiger charge is 2.31. The van der Waals surface area contributed by atoms with E-state index in [-0.39, 0.29) is 28.8 Å². The molecule has 6 aromatic rings. The van der Waals surface area contributed by atoms with Gasteiger partial charge in [0.05, 0.1) is 30.8 Å². The molecule has 0 spiro atoms. The van der Waals surface area contributed by atoms with Crippen LogP contribution in [0.15, 0.2) is 83.4 Å². The fourth-order valence-corrected chi connectivity index (χ4v) is 5.48. The van der Waals surface area contributed by atoms with Gasteiger partial charge in [0.25, 0.3) is 5.91 Å². The van der Waals surface area contributed by atoms with Crippen molar-refractivity contribution >= 4 is 38.7 Å². The molecule has 0 radical (unpaired) electrons. The Balaban J connectivity index is 1.40. The van der Waals surface area contributed by atoms with Crippen molar-refractivity contribution in [3.8, 4) is 23.0 Å². The number of nitrogens with zero attached hydrogens (tertiary/aromatic N) is 2. The summed E-state index contributed by atoms with van der Waals surface area (Å²) in [7, 11) is 1.52. The number of nitrogens with one attached hydrogen (secondary N) is 1. The van der Waals surface area contributed by atoms with E-state index < -0.39 is 24.1 Å².